The van der Waals surface area contributed by atoms with E-state index in [1.165, 1.54) is 37.0 Å². The van der Waals surface area contributed by atoms with Crippen LogP contribution in [0.5, 0.6) is 0 Å². The number of nitrogens with zero attached hydrogens (tertiary/aromatic N) is 5. The number of amides is 3. The molecule has 1 unspecified atom stereocenters. The Kier molecular flexibility index (Phi) is 5.69. The van der Waals surface area contributed by atoms with Crippen molar-refractivity contribution in [1.29, 1.82) is 0 Å². The number of carbonyl (C=O) groups excluding carboxylic acids is 2. The van der Waals surface area contributed by atoms with Gasteiger partial charge >= 0.3 is 12.0 Å². The van der Waals surface area contributed by atoms with Crippen LogP contribution < -0.4 is 0 Å². The average Bonchev–Trinajstić information content (AvgIpc) is 3.12. The second-order valence-electron chi connectivity index (χ2n) is 8.60. The van der Waals surface area contributed by atoms with Crippen LogP contribution in [0.3, 0.4) is 0 Å². The lowest BCUT2D eigenvalue weighted by Crippen LogP contribution is -2.63. The summed E-state index contributed by atoms with van der Waals surface area (Å²) in [5, 5.41) is 0. The van der Waals surface area contributed by atoms with Crippen molar-refractivity contribution in [3.8, 4) is 0 Å². The van der Waals surface area contributed by atoms with Gasteiger partial charge in [0.15, 0.2) is 0 Å². The number of amidine groups is 1. The van der Waals surface area contributed by atoms with Crippen molar-refractivity contribution in [1.82, 2.24) is 14.7 Å². The third-order valence-corrected chi connectivity index (χ3v) is 6.69. The molecule has 7 nitrogen and oxygen atoms in total. The van der Waals surface area contributed by atoms with Gasteiger partial charge in [0.2, 0.25) is 11.9 Å². The SMILES string of the molecule is CCCCCCN1C(=O)C2C(=NC3=[N+]2CCCN3C2CCCCC2)N(C)C1=O. The molecule has 7 heteroatoms. The maximum absolute atomic E-state index is 13.3. The minimum atomic E-state index is -0.421. The zero-order valence-corrected chi connectivity index (χ0v) is 17.4. The lowest BCUT2D eigenvalue weighted by atomic mass is 9.94. The third kappa shape index (κ3) is 3.33. The number of hydrogen-bond acceptors (Lipinski definition) is 4. The molecule has 0 aromatic carbocycles. The highest BCUT2D eigenvalue weighted by atomic mass is 16.2. The molecule has 0 spiro atoms. The molecule has 0 bridgehead atoms. The third-order valence-electron chi connectivity index (χ3n) is 6.69. The van der Waals surface area contributed by atoms with Crippen LogP contribution in [0.4, 0.5) is 4.79 Å². The molecule has 3 amide bonds. The summed E-state index contributed by atoms with van der Waals surface area (Å²) in [7, 11) is 1.77. The first kappa shape index (κ1) is 19.4. The summed E-state index contributed by atoms with van der Waals surface area (Å²) in [4.78, 5) is 36.5. The summed E-state index contributed by atoms with van der Waals surface area (Å²) < 4.78 is 2.16. The van der Waals surface area contributed by atoms with Crippen LogP contribution in [0.1, 0.15) is 71.1 Å². The molecule has 0 N–H and O–H groups in total. The van der Waals surface area contributed by atoms with Crippen LogP contribution in [0.25, 0.3) is 0 Å². The Labute approximate surface area is 168 Å². The van der Waals surface area contributed by atoms with Crippen molar-refractivity contribution in [2.45, 2.75) is 83.2 Å². The summed E-state index contributed by atoms with van der Waals surface area (Å²) in [6, 6.07) is -0.117. The van der Waals surface area contributed by atoms with E-state index in [2.05, 4.69) is 16.4 Å². The van der Waals surface area contributed by atoms with E-state index < -0.39 is 6.04 Å². The van der Waals surface area contributed by atoms with E-state index in [1.807, 2.05) is 0 Å². The number of hydrogen-bond donors (Lipinski definition) is 0. The maximum Gasteiger partial charge on any atom is 0.392 e. The zero-order chi connectivity index (χ0) is 19.7. The Morgan fingerprint density at radius 1 is 1.07 bits per heavy atom. The minimum absolute atomic E-state index is 0.0844. The van der Waals surface area contributed by atoms with Gasteiger partial charge in [-0.25, -0.2) is 9.37 Å². The highest BCUT2D eigenvalue weighted by Crippen LogP contribution is 2.29. The monoisotopic (exact) mass is 388 g/mol. The maximum atomic E-state index is 13.3. The predicted molar refractivity (Wildman–Crippen MR) is 109 cm³/mol. The Morgan fingerprint density at radius 3 is 2.61 bits per heavy atom. The lowest BCUT2D eigenvalue weighted by Gasteiger charge is -2.35. The van der Waals surface area contributed by atoms with E-state index in [1.54, 1.807) is 11.9 Å². The molecule has 1 saturated carbocycles. The molecule has 4 aliphatic rings. The first-order valence-corrected chi connectivity index (χ1v) is 11.2. The summed E-state index contributed by atoms with van der Waals surface area (Å²) in [6.45, 7) is 4.53. The van der Waals surface area contributed by atoms with E-state index in [-0.39, 0.29) is 11.9 Å². The van der Waals surface area contributed by atoms with Gasteiger partial charge in [-0.15, -0.1) is 0 Å². The molecule has 2 fully saturated rings. The largest absolute Gasteiger partial charge is 0.392 e. The Balaban J connectivity index is 1.57. The van der Waals surface area contributed by atoms with Crippen molar-refractivity contribution >= 4 is 23.7 Å². The van der Waals surface area contributed by atoms with Crippen LogP contribution in [0, 0.1) is 0 Å². The van der Waals surface area contributed by atoms with E-state index in [4.69, 9.17) is 4.99 Å². The van der Waals surface area contributed by atoms with Gasteiger partial charge in [0.05, 0.1) is 19.1 Å². The predicted octanol–water partition coefficient (Wildman–Crippen LogP) is 2.65. The zero-order valence-electron chi connectivity index (χ0n) is 17.4. The van der Waals surface area contributed by atoms with Gasteiger partial charge in [-0.3, -0.25) is 19.5 Å². The number of guanidine groups is 1. The minimum Gasteiger partial charge on any atom is -0.270 e. The molecule has 1 aliphatic carbocycles. The number of likely N-dealkylation sites (N-methyl/N-ethyl adjacent to an activating group) is 1. The van der Waals surface area contributed by atoms with Crippen LogP contribution in [-0.4, -0.2) is 81.8 Å². The quantitative estimate of drug-likeness (QED) is 0.519. The molecule has 4 rings (SSSR count). The van der Waals surface area contributed by atoms with Gasteiger partial charge in [0.25, 0.3) is 5.91 Å². The van der Waals surface area contributed by atoms with Crippen LogP contribution in [-0.2, 0) is 4.79 Å². The second kappa shape index (κ2) is 8.21. The normalized spacial score (nSPS) is 26.0. The van der Waals surface area contributed by atoms with Gasteiger partial charge in [-0.1, -0.05) is 50.4 Å². The molecule has 1 saturated heterocycles. The molecular weight excluding hydrogens is 354 g/mol. The van der Waals surface area contributed by atoms with Gasteiger partial charge in [-0.05, 0) is 19.3 Å². The van der Waals surface area contributed by atoms with Crippen LogP contribution >= 0.6 is 0 Å². The lowest BCUT2D eigenvalue weighted by molar-refractivity contribution is -0.546. The van der Waals surface area contributed by atoms with Gasteiger partial charge in [0.1, 0.15) is 0 Å². The Hall–Kier alpha value is -1.92. The highest BCUT2D eigenvalue weighted by Gasteiger charge is 2.54. The molecule has 0 aromatic heterocycles. The number of imide groups is 1. The fourth-order valence-corrected chi connectivity index (χ4v) is 5.12. The van der Waals surface area contributed by atoms with Crippen molar-refractivity contribution < 1.29 is 14.2 Å². The molecule has 0 radical (unpaired) electrons. The topological polar surface area (TPSA) is 59.2 Å². The number of rotatable bonds is 6. The molecule has 3 heterocycles. The first-order chi connectivity index (χ1) is 13.6. The first-order valence-electron chi connectivity index (χ1n) is 11.2. The van der Waals surface area contributed by atoms with Crippen molar-refractivity contribution in [2.24, 2.45) is 4.99 Å². The number of carbonyl (C=O) groups is 2. The summed E-state index contributed by atoms with van der Waals surface area (Å²) >= 11 is 0. The summed E-state index contributed by atoms with van der Waals surface area (Å²) in [5.74, 6) is 1.47. The Bertz CT molecular complexity index is 695. The Morgan fingerprint density at radius 2 is 1.86 bits per heavy atom. The van der Waals surface area contributed by atoms with Crippen LogP contribution in [0.15, 0.2) is 4.99 Å². The van der Waals surface area contributed by atoms with Crippen LogP contribution in [0.2, 0.25) is 0 Å². The van der Waals surface area contributed by atoms with Crippen molar-refractivity contribution in [3.05, 3.63) is 0 Å². The fourth-order valence-electron chi connectivity index (χ4n) is 5.12. The standard InChI is InChI=1S/C21H34N5O2/c1-3-4-5-9-13-26-19(27)17-18(23(2)21(26)28)22-20-24(14-10-15-25(17)20)16-11-7-6-8-12-16/h16-17H,3-15H2,1-2H3/q+1. The fraction of sp³-hybridized carbons (Fsp3) is 0.810. The number of urea groups is 1. The molecule has 28 heavy (non-hydrogen) atoms. The summed E-state index contributed by atoms with van der Waals surface area (Å²) in [6.07, 6.45) is 11.5. The smallest absolute Gasteiger partial charge is 0.270 e. The molecule has 0 aromatic rings. The van der Waals surface area contributed by atoms with Gasteiger partial charge in [0, 0.05) is 20.0 Å². The molecule has 1 atom stereocenters. The second-order valence-corrected chi connectivity index (χ2v) is 8.60. The summed E-state index contributed by atoms with van der Waals surface area (Å²) in [5.41, 5.74) is 0. The highest BCUT2D eigenvalue weighted by molar-refractivity contribution is 6.22. The molecule has 154 valence electrons. The van der Waals surface area contributed by atoms with E-state index in [0.717, 1.165) is 51.2 Å². The van der Waals surface area contributed by atoms with E-state index in [0.29, 0.717) is 18.4 Å². The molecular formula is C21H34N5O2+. The van der Waals surface area contributed by atoms with Crippen molar-refractivity contribution in [2.75, 3.05) is 26.7 Å². The number of aliphatic imine (C=N–C) groups is 1. The van der Waals surface area contributed by atoms with E-state index >= 15 is 0 Å². The average molecular weight is 389 g/mol. The van der Waals surface area contributed by atoms with Crippen molar-refractivity contribution in [3.63, 3.8) is 0 Å². The number of unbranched alkanes of at least 4 members (excludes halogenated alkanes) is 3. The number of fused-ring (bicyclic) bond motifs is 2. The van der Waals surface area contributed by atoms with E-state index in [9.17, 15) is 9.59 Å². The molecule has 3 aliphatic heterocycles. The van der Waals surface area contributed by atoms with Gasteiger partial charge in [-0.2, -0.15) is 0 Å². The van der Waals surface area contributed by atoms with Gasteiger partial charge < -0.3 is 0 Å².